The summed E-state index contributed by atoms with van der Waals surface area (Å²) in [4.78, 5) is 14.5. The van der Waals surface area contributed by atoms with Crippen LogP contribution in [0.4, 0.5) is 8.78 Å². The van der Waals surface area contributed by atoms with E-state index in [1.807, 2.05) is 19.3 Å². The number of nitrogens with one attached hydrogen (secondary N) is 1. The lowest BCUT2D eigenvalue weighted by atomic mass is 10.1. The fourth-order valence-electron chi connectivity index (χ4n) is 3.59. The second-order valence-electron chi connectivity index (χ2n) is 6.79. The predicted molar refractivity (Wildman–Crippen MR) is 98.7 cm³/mol. The number of likely N-dealkylation sites (tertiary alicyclic amines) is 1. The van der Waals surface area contributed by atoms with Gasteiger partial charge in [0, 0.05) is 25.5 Å². The number of hydrogen-bond donors (Lipinski definition) is 1. The van der Waals surface area contributed by atoms with E-state index in [1.165, 1.54) is 17.8 Å². The van der Waals surface area contributed by atoms with Crippen molar-refractivity contribution in [3.05, 3.63) is 53.9 Å². The van der Waals surface area contributed by atoms with Crippen LogP contribution in [-0.2, 0) is 18.3 Å². The largest absolute Gasteiger partial charge is 0.435 e. The van der Waals surface area contributed by atoms with Crippen LogP contribution < -0.4 is 10.1 Å². The lowest BCUT2D eigenvalue weighted by Gasteiger charge is -2.24. The van der Waals surface area contributed by atoms with E-state index in [0.717, 1.165) is 24.9 Å². The molecule has 1 amide bonds. The maximum Gasteiger partial charge on any atom is 0.387 e. The van der Waals surface area contributed by atoms with Gasteiger partial charge in [0.25, 0.3) is 0 Å². The summed E-state index contributed by atoms with van der Waals surface area (Å²) in [6.07, 6.45) is 4.83. The molecule has 1 fully saturated rings. The summed E-state index contributed by atoms with van der Waals surface area (Å²) in [5.74, 6) is 0.146. The number of aromatic nitrogens is 1. The van der Waals surface area contributed by atoms with Gasteiger partial charge in [0.05, 0.1) is 12.6 Å². The molecule has 1 saturated heterocycles. The summed E-state index contributed by atoms with van der Waals surface area (Å²) in [5, 5.41) is 2.95. The van der Waals surface area contributed by atoms with Gasteiger partial charge in [0.15, 0.2) is 0 Å². The van der Waals surface area contributed by atoms with Gasteiger partial charge >= 0.3 is 6.61 Å². The first-order chi connectivity index (χ1) is 13.0. The minimum atomic E-state index is -2.82. The average molecular weight is 377 g/mol. The van der Waals surface area contributed by atoms with Crippen LogP contribution in [0.3, 0.4) is 0 Å². The number of ether oxygens (including phenoxy) is 1. The number of carbonyl (C=O) groups excluding carboxylic acids is 1. The van der Waals surface area contributed by atoms with Crippen molar-refractivity contribution in [2.24, 2.45) is 7.05 Å². The minimum absolute atomic E-state index is 0.00811. The number of nitrogens with zero attached hydrogens (tertiary/aromatic N) is 2. The number of rotatable bonds is 8. The Balaban J connectivity index is 1.44. The van der Waals surface area contributed by atoms with Crippen LogP contribution in [0.1, 0.15) is 30.1 Å². The van der Waals surface area contributed by atoms with Crippen LogP contribution in [0.15, 0.2) is 42.6 Å². The van der Waals surface area contributed by atoms with Crippen molar-refractivity contribution in [1.29, 1.82) is 0 Å². The van der Waals surface area contributed by atoms with Gasteiger partial charge in [-0.1, -0.05) is 12.1 Å². The van der Waals surface area contributed by atoms with Crippen LogP contribution >= 0.6 is 0 Å². The van der Waals surface area contributed by atoms with E-state index < -0.39 is 6.61 Å². The second-order valence-corrected chi connectivity index (χ2v) is 6.79. The third-order valence-corrected chi connectivity index (χ3v) is 4.92. The van der Waals surface area contributed by atoms with E-state index in [-0.39, 0.29) is 17.7 Å². The molecule has 7 heteroatoms. The molecule has 3 rings (SSSR count). The minimum Gasteiger partial charge on any atom is -0.435 e. The van der Waals surface area contributed by atoms with Crippen LogP contribution in [0.5, 0.6) is 5.75 Å². The van der Waals surface area contributed by atoms with Crippen molar-refractivity contribution in [2.45, 2.75) is 31.9 Å². The molecule has 1 aliphatic rings. The van der Waals surface area contributed by atoms with Gasteiger partial charge in [-0.25, -0.2) is 0 Å². The van der Waals surface area contributed by atoms with Crippen LogP contribution in [0.25, 0.3) is 0 Å². The highest BCUT2D eigenvalue weighted by molar-refractivity contribution is 5.78. The lowest BCUT2D eigenvalue weighted by molar-refractivity contribution is -0.122. The van der Waals surface area contributed by atoms with Crippen LogP contribution in [0.2, 0.25) is 0 Å². The second kappa shape index (κ2) is 8.99. The monoisotopic (exact) mass is 377 g/mol. The molecule has 1 N–H and O–H groups in total. The Hall–Kier alpha value is -2.41. The first kappa shape index (κ1) is 19.4. The SMILES string of the molecule is Cn1cccc1[C@@H]1CCCN1CC(=O)NCCc1ccc(OC(F)F)cc1. The van der Waals surface area contributed by atoms with Crippen LogP contribution in [0, 0.1) is 0 Å². The van der Waals surface area contributed by atoms with Crippen molar-refractivity contribution < 1.29 is 18.3 Å². The molecule has 2 aromatic rings. The molecular weight excluding hydrogens is 352 g/mol. The molecule has 0 unspecified atom stereocenters. The summed E-state index contributed by atoms with van der Waals surface area (Å²) < 4.78 is 30.7. The Morgan fingerprint density at radius 2 is 2.07 bits per heavy atom. The smallest absolute Gasteiger partial charge is 0.387 e. The van der Waals surface area contributed by atoms with Crippen molar-refractivity contribution in [3.63, 3.8) is 0 Å². The van der Waals surface area contributed by atoms with Crippen molar-refractivity contribution >= 4 is 5.91 Å². The van der Waals surface area contributed by atoms with E-state index in [4.69, 9.17) is 0 Å². The van der Waals surface area contributed by atoms with E-state index in [2.05, 4.69) is 25.6 Å². The van der Waals surface area contributed by atoms with Crippen molar-refractivity contribution in [1.82, 2.24) is 14.8 Å². The first-order valence-corrected chi connectivity index (χ1v) is 9.18. The molecule has 1 aliphatic heterocycles. The summed E-state index contributed by atoms with van der Waals surface area (Å²) in [6.45, 7) is -0.997. The zero-order valence-electron chi connectivity index (χ0n) is 15.4. The van der Waals surface area contributed by atoms with Gasteiger partial charge in [-0.05, 0) is 55.6 Å². The maximum absolute atomic E-state index is 12.3. The fourth-order valence-corrected chi connectivity index (χ4v) is 3.59. The Morgan fingerprint density at radius 1 is 1.30 bits per heavy atom. The summed E-state index contributed by atoms with van der Waals surface area (Å²) in [7, 11) is 2.03. The van der Waals surface area contributed by atoms with E-state index >= 15 is 0 Å². The van der Waals surface area contributed by atoms with Gasteiger partial charge in [-0.3, -0.25) is 9.69 Å². The highest BCUT2D eigenvalue weighted by Crippen LogP contribution is 2.31. The summed E-state index contributed by atoms with van der Waals surface area (Å²) in [5.41, 5.74) is 2.20. The quantitative estimate of drug-likeness (QED) is 0.769. The third-order valence-electron chi connectivity index (χ3n) is 4.92. The molecule has 0 spiro atoms. The van der Waals surface area contributed by atoms with Gasteiger partial charge in [0.1, 0.15) is 5.75 Å². The molecule has 0 bridgehead atoms. The number of halogens is 2. The van der Waals surface area contributed by atoms with E-state index in [9.17, 15) is 13.6 Å². The Morgan fingerprint density at radius 3 is 2.74 bits per heavy atom. The Kier molecular flexibility index (Phi) is 6.45. The molecule has 1 aromatic carbocycles. The molecule has 1 atom stereocenters. The maximum atomic E-state index is 12.3. The Bertz CT molecular complexity index is 746. The lowest BCUT2D eigenvalue weighted by Crippen LogP contribution is -2.38. The highest BCUT2D eigenvalue weighted by Gasteiger charge is 2.28. The molecule has 2 heterocycles. The summed E-state index contributed by atoms with van der Waals surface area (Å²) in [6, 6.07) is 10.9. The van der Waals surface area contributed by atoms with E-state index in [1.54, 1.807) is 12.1 Å². The standard InChI is InChI=1S/C20H25F2N3O2/c1-24-12-2-4-17(24)18-5-3-13-25(18)14-19(26)23-11-10-15-6-8-16(9-7-15)27-20(21)22/h2,4,6-9,12,18,20H,3,5,10-11,13-14H2,1H3,(H,23,26)/t18-/m0/s1. The number of benzene rings is 1. The predicted octanol–water partition coefficient (Wildman–Crippen LogP) is 3.12. The number of hydrogen-bond acceptors (Lipinski definition) is 3. The zero-order chi connectivity index (χ0) is 19.2. The molecule has 1 aromatic heterocycles. The third kappa shape index (κ3) is 5.29. The van der Waals surface area contributed by atoms with Gasteiger partial charge in [0.2, 0.25) is 5.91 Å². The van der Waals surface area contributed by atoms with Crippen LogP contribution in [-0.4, -0.2) is 41.6 Å². The number of carbonyl (C=O) groups is 1. The Labute approximate surface area is 157 Å². The number of amides is 1. The van der Waals surface area contributed by atoms with E-state index in [0.29, 0.717) is 19.5 Å². The molecular formula is C20H25F2N3O2. The molecule has 0 radical (unpaired) electrons. The topological polar surface area (TPSA) is 46.5 Å². The van der Waals surface area contributed by atoms with Gasteiger partial charge in [-0.15, -0.1) is 0 Å². The molecule has 5 nitrogen and oxygen atoms in total. The van der Waals surface area contributed by atoms with Gasteiger partial charge < -0.3 is 14.6 Å². The average Bonchev–Trinajstić information content (AvgIpc) is 3.24. The highest BCUT2D eigenvalue weighted by atomic mass is 19.3. The first-order valence-electron chi connectivity index (χ1n) is 9.18. The number of alkyl halides is 2. The normalized spacial score (nSPS) is 17.4. The molecule has 146 valence electrons. The van der Waals surface area contributed by atoms with Crippen molar-refractivity contribution in [2.75, 3.05) is 19.6 Å². The fraction of sp³-hybridized carbons (Fsp3) is 0.450. The molecule has 27 heavy (non-hydrogen) atoms. The van der Waals surface area contributed by atoms with Gasteiger partial charge in [-0.2, -0.15) is 8.78 Å². The molecule has 0 saturated carbocycles. The molecule has 0 aliphatic carbocycles. The summed E-state index contributed by atoms with van der Waals surface area (Å²) >= 11 is 0. The zero-order valence-corrected chi connectivity index (χ0v) is 15.4. The van der Waals surface area contributed by atoms with Crippen molar-refractivity contribution in [3.8, 4) is 5.75 Å². The number of aryl methyl sites for hydroxylation is 1.